The van der Waals surface area contributed by atoms with E-state index < -0.39 is 30.6 Å². The molecule has 3 N–H and O–H groups in total. The zero-order chi connectivity index (χ0) is 13.1. The molecule has 0 saturated heterocycles. The lowest BCUT2D eigenvalue weighted by atomic mass is 9.93. The Labute approximate surface area is 99.9 Å². The van der Waals surface area contributed by atoms with Gasteiger partial charge in [-0.2, -0.15) is 0 Å². The molecule has 1 amide bonds. The molecule has 0 radical (unpaired) electrons. The van der Waals surface area contributed by atoms with Crippen LogP contribution in [-0.4, -0.2) is 36.6 Å². The summed E-state index contributed by atoms with van der Waals surface area (Å²) >= 11 is 0. The topological polar surface area (TPSA) is 64.3 Å². The fourth-order valence-electron chi connectivity index (χ4n) is 1.78. The van der Waals surface area contributed by atoms with Crippen molar-refractivity contribution in [3.8, 4) is 0 Å². The highest BCUT2D eigenvalue weighted by Crippen LogP contribution is 2.25. The van der Waals surface area contributed by atoms with E-state index in [0.29, 0.717) is 12.5 Å². The molecule has 0 spiro atoms. The molecule has 0 heterocycles. The van der Waals surface area contributed by atoms with Gasteiger partial charge in [-0.3, -0.25) is 4.79 Å². The van der Waals surface area contributed by atoms with Gasteiger partial charge in [0.2, 0.25) is 5.91 Å². The Hall–Kier alpha value is -0.750. The van der Waals surface area contributed by atoms with Gasteiger partial charge in [0.05, 0.1) is 11.6 Å². The first kappa shape index (κ1) is 14.3. The van der Waals surface area contributed by atoms with Crippen molar-refractivity contribution < 1.29 is 18.3 Å². The van der Waals surface area contributed by atoms with Crippen LogP contribution in [0.25, 0.3) is 0 Å². The lowest BCUT2D eigenvalue weighted by molar-refractivity contribution is -0.126. The molecule has 1 saturated carbocycles. The van der Waals surface area contributed by atoms with Crippen LogP contribution in [0, 0.1) is 0 Å². The molecule has 1 aliphatic carbocycles. The van der Waals surface area contributed by atoms with Crippen LogP contribution in [0.3, 0.4) is 0 Å². The van der Waals surface area contributed by atoms with Crippen molar-refractivity contribution >= 4 is 5.91 Å². The quantitative estimate of drug-likeness (QED) is 0.676. The Morgan fingerprint density at radius 3 is 2.59 bits per heavy atom. The van der Waals surface area contributed by atoms with E-state index in [1.54, 1.807) is 13.8 Å². The highest BCUT2D eigenvalue weighted by Gasteiger charge is 2.38. The number of primary amides is 1. The zero-order valence-corrected chi connectivity index (χ0v) is 10.2. The molecule has 1 rings (SSSR count). The van der Waals surface area contributed by atoms with E-state index in [4.69, 9.17) is 10.5 Å². The highest BCUT2D eigenvalue weighted by atomic mass is 19.3. The average Bonchev–Trinajstić information content (AvgIpc) is 2.98. The SMILES string of the molecule is CC(CC(C)(NC1CC1)C(N)=O)OCC(F)F. The summed E-state index contributed by atoms with van der Waals surface area (Å²) in [4.78, 5) is 11.4. The van der Waals surface area contributed by atoms with E-state index in [1.165, 1.54) is 0 Å². The van der Waals surface area contributed by atoms with E-state index >= 15 is 0 Å². The van der Waals surface area contributed by atoms with Gasteiger partial charge >= 0.3 is 0 Å². The van der Waals surface area contributed by atoms with E-state index in [0.717, 1.165) is 12.8 Å². The number of nitrogens with one attached hydrogen (secondary N) is 1. The third-order valence-electron chi connectivity index (χ3n) is 2.85. The Morgan fingerprint density at radius 2 is 2.18 bits per heavy atom. The molecule has 100 valence electrons. The van der Waals surface area contributed by atoms with Crippen LogP contribution in [0.1, 0.15) is 33.1 Å². The predicted octanol–water partition coefficient (Wildman–Crippen LogP) is 1.04. The third-order valence-corrected chi connectivity index (χ3v) is 2.85. The fourth-order valence-corrected chi connectivity index (χ4v) is 1.78. The molecule has 0 aromatic heterocycles. The minimum absolute atomic E-state index is 0.297. The van der Waals surface area contributed by atoms with Gasteiger partial charge in [-0.05, 0) is 26.7 Å². The lowest BCUT2D eigenvalue weighted by Gasteiger charge is -2.30. The molecule has 1 aliphatic rings. The van der Waals surface area contributed by atoms with Crippen molar-refractivity contribution in [2.75, 3.05) is 6.61 Å². The lowest BCUT2D eigenvalue weighted by Crippen LogP contribution is -2.55. The van der Waals surface area contributed by atoms with E-state index in [2.05, 4.69) is 5.32 Å². The second kappa shape index (κ2) is 5.73. The summed E-state index contributed by atoms with van der Waals surface area (Å²) in [6.07, 6.45) is -0.586. The molecule has 17 heavy (non-hydrogen) atoms. The van der Waals surface area contributed by atoms with E-state index in [-0.39, 0.29) is 0 Å². The third kappa shape index (κ3) is 4.95. The molecule has 0 bridgehead atoms. The second-order valence-electron chi connectivity index (χ2n) is 4.85. The number of carbonyl (C=O) groups excluding carboxylic acids is 1. The van der Waals surface area contributed by atoms with Crippen LogP contribution in [0.4, 0.5) is 8.78 Å². The molecule has 1 fully saturated rings. The molecule has 0 aliphatic heterocycles. The first-order valence-corrected chi connectivity index (χ1v) is 5.81. The monoisotopic (exact) mass is 250 g/mol. The van der Waals surface area contributed by atoms with Gasteiger partial charge in [0.1, 0.15) is 6.61 Å². The van der Waals surface area contributed by atoms with Crippen molar-refractivity contribution in [1.29, 1.82) is 0 Å². The van der Waals surface area contributed by atoms with Crippen molar-refractivity contribution in [1.82, 2.24) is 5.32 Å². The number of carbonyl (C=O) groups is 1. The first-order chi connectivity index (χ1) is 7.83. The van der Waals surface area contributed by atoms with Gasteiger partial charge in [-0.15, -0.1) is 0 Å². The van der Waals surface area contributed by atoms with Crippen LogP contribution in [0.2, 0.25) is 0 Å². The van der Waals surface area contributed by atoms with Crippen molar-refractivity contribution in [3.63, 3.8) is 0 Å². The number of rotatable bonds is 8. The standard InChI is InChI=1S/C11H20F2N2O2/c1-7(17-6-9(12)13)5-11(2,10(14)16)15-8-3-4-8/h7-9,15H,3-6H2,1-2H3,(H2,14,16). The number of halogens is 2. The van der Waals surface area contributed by atoms with Crippen molar-refractivity contribution in [2.45, 2.75) is 57.2 Å². The summed E-state index contributed by atoms with van der Waals surface area (Å²) in [7, 11) is 0. The molecular formula is C11H20F2N2O2. The number of hydrogen-bond donors (Lipinski definition) is 2. The molecule has 2 unspecified atom stereocenters. The number of hydrogen-bond acceptors (Lipinski definition) is 3. The first-order valence-electron chi connectivity index (χ1n) is 5.81. The number of ether oxygens (including phenoxy) is 1. The molecular weight excluding hydrogens is 230 g/mol. The number of nitrogens with two attached hydrogens (primary N) is 1. The summed E-state index contributed by atoms with van der Waals surface area (Å²) in [5, 5.41) is 3.14. The average molecular weight is 250 g/mol. The molecule has 2 atom stereocenters. The smallest absolute Gasteiger partial charge is 0.261 e. The number of alkyl halides is 2. The predicted molar refractivity (Wildman–Crippen MR) is 59.8 cm³/mol. The maximum Gasteiger partial charge on any atom is 0.261 e. The summed E-state index contributed by atoms with van der Waals surface area (Å²) in [6.45, 7) is 2.74. The van der Waals surface area contributed by atoms with Crippen LogP contribution in [0.5, 0.6) is 0 Å². The largest absolute Gasteiger partial charge is 0.372 e. The minimum atomic E-state index is -2.49. The second-order valence-corrected chi connectivity index (χ2v) is 4.85. The normalized spacial score (nSPS) is 21.2. The van der Waals surface area contributed by atoms with Crippen LogP contribution >= 0.6 is 0 Å². The van der Waals surface area contributed by atoms with Gasteiger partial charge < -0.3 is 15.8 Å². The molecule has 6 heteroatoms. The minimum Gasteiger partial charge on any atom is -0.372 e. The van der Waals surface area contributed by atoms with Gasteiger partial charge in [-0.1, -0.05) is 0 Å². The van der Waals surface area contributed by atoms with Crippen molar-refractivity contribution in [3.05, 3.63) is 0 Å². The molecule has 0 aromatic carbocycles. The summed E-state index contributed by atoms with van der Waals surface area (Å²) in [5.74, 6) is -0.475. The maximum absolute atomic E-state index is 12.0. The summed E-state index contributed by atoms with van der Waals surface area (Å²) in [5.41, 5.74) is 4.46. The molecule has 0 aromatic rings. The van der Waals surface area contributed by atoms with E-state index in [9.17, 15) is 13.6 Å². The van der Waals surface area contributed by atoms with Crippen molar-refractivity contribution in [2.24, 2.45) is 5.73 Å². The Bertz CT molecular complexity index is 272. The molecule has 4 nitrogen and oxygen atoms in total. The summed E-state index contributed by atoms with van der Waals surface area (Å²) in [6, 6.07) is 0.315. The highest BCUT2D eigenvalue weighted by molar-refractivity contribution is 5.84. The van der Waals surface area contributed by atoms with Crippen LogP contribution in [0.15, 0.2) is 0 Å². The van der Waals surface area contributed by atoms with Gasteiger partial charge in [0.25, 0.3) is 6.43 Å². The van der Waals surface area contributed by atoms with Gasteiger partial charge in [0, 0.05) is 12.5 Å². The maximum atomic E-state index is 12.0. The fraction of sp³-hybridized carbons (Fsp3) is 0.909. The number of amides is 1. The van der Waals surface area contributed by atoms with Crippen LogP contribution < -0.4 is 11.1 Å². The Balaban J connectivity index is 2.44. The Morgan fingerprint density at radius 1 is 1.59 bits per heavy atom. The summed E-state index contributed by atoms with van der Waals surface area (Å²) < 4.78 is 28.9. The van der Waals surface area contributed by atoms with E-state index in [1.807, 2.05) is 0 Å². The zero-order valence-electron chi connectivity index (χ0n) is 10.2. The Kier molecular flexibility index (Phi) is 4.82. The van der Waals surface area contributed by atoms with Crippen LogP contribution in [-0.2, 0) is 9.53 Å². The van der Waals surface area contributed by atoms with Gasteiger partial charge in [0.15, 0.2) is 0 Å². The van der Waals surface area contributed by atoms with Gasteiger partial charge in [-0.25, -0.2) is 8.78 Å².